The Bertz CT molecular complexity index is 1340. The number of amidine groups is 1. The van der Waals surface area contributed by atoms with Crippen molar-refractivity contribution in [3.05, 3.63) is 46.4 Å². The van der Waals surface area contributed by atoms with Crippen LogP contribution < -0.4 is 20.3 Å². The van der Waals surface area contributed by atoms with Crippen LogP contribution in [0, 0.1) is 5.92 Å². The normalized spacial score (nSPS) is 17.1. The number of fused-ring (bicyclic) bond motifs is 4. The molecule has 0 amide bonds. The number of aromatic hydroxyl groups is 1. The van der Waals surface area contributed by atoms with Crippen LogP contribution in [0.1, 0.15) is 25.8 Å². The Hall–Kier alpha value is -2.93. The van der Waals surface area contributed by atoms with Crippen LogP contribution in [0.15, 0.2) is 44.6 Å². The third kappa shape index (κ3) is 3.26. The number of hydrogen-bond acceptors (Lipinski definition) is 10. The van der Waals surface area contributed by atoms with Gasteiger partial charge in [0.25, 0.3) is 5.56 Å². The maximum atomic E-state index is 13.5. The van der Waals surface area contributed by atoms with Crippen molar-refractivity contribution in [1.29, 1.82) is 0 Å². The van der Waals surface area contributed by atoms with Crippen molar-refractivity contribution in [1.82, 2.24) is 9.55 Å². The first-order valence-electron chi connectivity index (χ1n) is 9.99. The van der Waals surface area contributed by atoms with Gasteiger partial charge in [0.1, 0.15) is 21.9 Å². The summed E-state index contributed by atoms with van der Waals surface area (Å²) in [5, 5.41) is 14.4. The number of pyridine rings is 2. The van der Waals surface area contributed by atoms with E-state index in [9.17, 15) is 19.0 Å². The summed E-state index contributed by atoms with van der Waals surface area (Å²) in [5.74, 6) is -0.0501. The lowest BCUT2D eigenvalue weighted by Crippen LogP contribution is -2.32. The smallest absolute Gasteiger partial charge is 0.267 e. The molecular weight excluding hydrogens is 452 g/mol. The summed E-state index contributed by atoms with van der Waals surface area (Å²) in [4.78, 5) is 18.0. The third-order valence-corrected chi connectivity index (χ3v) is 7.41. The number of aromatic nitrogens is 2. The predicted octanol–water partition coefficient (Wildman–Crippen LogP) is 4.45. The Balaban J connectivity index is 1.71. The van der Waals surface area contributed by atoms with E-state index in [2.05, 4.69) is 38.0 Å². The average molecular weight is 475 g/mol. The molecule has 12 heteroatoms. The van der Waals surface area contributed by atoms with Gasteiger partial charge in [-0.25, -0.2) is 4.98 Å². The Morgan fingerprint density at radius 2 is 1.97 bits per heavy atom. The summed E-state index contributed by atoms with van der Waals surface area (Å²) in [6, 6.07) is 6.79. The van der Waals surface area contributed by atoms with Crippen LogP contribution >= 0.6 is 22.9 Å². The molecule has 0 aliphatic carbocycles. The second kappa shape index (κ2) is 7.59. The SMILES string of the molecule is CC(C)CCn1c(=O)c(C2=NS(O)(O)c3c(ccc4c3NSN4)N2)c(O)c2cccnc21. The molecule has 2 aromatic heterocycles. The van der Waals surface area contributed by atoms with Gasteiger partial charge in [-0.15, -0.1) is 4.40 Å². The zero-order valence-electron chi connectivity index (χ0n) is 17.3. The standard InChI is InChI=1S/C20H22N6O4S2/c1-10(2)7-9-26-19-11(4-3-8-21-19)16(27)14(20(26)28)18-22-13-6-5-12-15(24-31-23-12)17(13)32(29,30)25-18/h3-6,8,10,23-24,27,29-30H,7,9H2,1-2H3,(H,22,25). The van der Waals surface area contributed by atoms with E-state index in [1.807, 2.05) is 0 Å². The van der Waals surface area contributed by atoms with Crippen LogP contribution in [0.5, 0.6) is 5.75 Å². The highest BCUT2D eigenvalue weighted by atomic mass is 32.3. The van der Waals surface area contributed by atoms with E-state index in [0.29, 0.717) is 40.6 Å². The second-order valence-corrected chi connectivity index (χ2v) is 10.2. The van der Waals surface area contributed by atoms with Crippen LogP contribution in [0.4, 0.5) is 17.1 Å². The minimum atomic E-state index is -3.66. The molecule has 0 atom stereocenters. The molecule has 0 bridgehead atoms. The Morgan fingerprint density at radius 1 is 1.19 bits per heavy atom. The predicted molar refractivity (Wildman–Crippen MR) is 130 cm³/mol. The fourth-order valence-corrected chi connectivity index (χ4v) is 5.83. The molecule has 5 rings (SSSR count). The fourth-order valence-electron chi connectivity index (χ4n) is 3.79. The molecule has 10 nitrogen and oxygen atoms in total. The summed E-state index contributed by atoms with van der Waals surface area (Å²) in [6.07, 6.45) is 2.30. The molecule has 6 N–H and O–H groups in total. The first-order chi connectivity index (χ1) is 15.3. The van der Waals surface area contributed by atoms with Gasteiger partial charge in [0.05, 0.1) is 34.6 Å². The monoisotopic (exact) mass is 474 g/mol. The summed E-state index contributed by atoms with van der Waals surface area (Å²) in [7, 11) is -3.66. The van der Waals surface area contributed by atoms with E-state index in [0.717, 1.165) is 6.42 Å². The molecule has 0 spiro atoms. The first kappa shape index (κ1) is 20.9. The van der Waals surface area contributed by atoms with Gasteiger partial charge < -0.3 is 19.9 Å². The molecule has 0 unspecified atom stereocenters. The van der Waals surface area contributed by atoms with Crippen molar-refractivity contribution in [2.45, 2.75) is 31.7 Å². The van der Waals surface area contributed by atoms with Crippen molar-refractivity contribution >= 4 is 56.8 Å². The Labute approximate surface area is 189 Å². The number of nitrogens with zero attached hydrogens (tertiary/aromatic N) is 3. The van der Waals surface area contributed by atoms with Gasteiger partial charge in [0.15, 0.2) is 5.84 Å². The zero-order valence-corrected chi connectivity index (χ0v) is 18.9. The molecule has 2 aliphatic heterocycles. The molecule has 32 heavy (non-hydrogen) atoms. The third-order valence-electron chi connectivity index (χ3n) is 5.38. The highest BCUT2D eigenvalue weighted by Crippen LogP contribution is 2.61. The van der Waals surface area contributed by atoms with Gasteiger partial charge >= 0.3 is 0 Å². The van der Waals surface area contributed by atoms with Crippen LogP contribution in [0.2, 0.25) is 0 Å². The van der Waals surface area contributed by atoms with Crippen molar-refractivity contribution < 1.29 is 14.2 Å². The van der Waals surface area contributed by atoms with E-state index in [-0.39, 0.29) is 22.0 Å². The van der Waals surface area contributed by atoms with Crippen LogP contribution in [0.25, 0.3) is 11.0 Å². The molecule has 1 aromatic carbocycles. The minimum Gasteiger partial charge on any atom is -0.506 e. The lowest BCUT2D eigenvalue weighted by Gasteiger charge is -2.35. The fraction of sp³-hybridized carbons (Fsp3) is 0.250. The van der Waals surface area contributed by atoms with Crippen LogP contribution in [-0.2, 0) is 6.54 Å². The van der Waals surface area contributed by atoms with Gasteiger partial charge in [-0.05, 0) is 36.6 Å². The van der Waals surface area contributed by atoms with E-state index < -0.39 is 16.3 Å². The summed E-state index contributed by atoms with van der Waals surface area (Å²) >= 11 is 1.20. The van der Waals surface area contributed by atoms with Crippen LogP contribution in [-0.4, -0.2) is 29.6 Å². The largest absolute Gasteiger partial charge is 0.506 e. The number of benzene rings is 1. The number of anilines is 3. The van der Waals surface area contributed by atoms with Crippen LogP contribution in [0.3, 0.4) is 0 Å². The highest BCUT2D eigenvalue weighted by molar-refractivity contribution is 8.23. The maximum absolute atomic E-state index is 13.5. The van der Waals surface area contributed by atoms with E-state index >= 15 is 0 Å². The molecule has 0 saturated heterocycles. The molecule has 3 aromatic rings. The molecular formula is C20H22N6O4S2. The molecule has 0 fully saturated rings. The van der Waals surface area contributed by atoms with Crippen molar-refractivity contribution in [3.63, 3.8) is 0 Å². The van der Waals surface area contributed by atoms with Gasteiger partial charge in [-0.1, -0.05) is 24.6 Å². The highest BCUT2D eigenvalue weighted by Gasteiger charge is 2.35. The van der Waals surface area contributed by atoms with Gasteiger partial charge in [0.2, 0.25) is 0 Å². The van der Waals surface area contributed by atoms with E-state index in [4.69, 9.17) is 0 Å². The summed E-state index contributed by atoms with van der Waals surface area (Å²) < 4.78 is 33.4. The Morgan fingerprint density at radius 3 is 2.75 bits per heavy atom. The van der Waals surface area contributed by atoms with E-state index in [1.165, 1.54) is 16.7 Å². The zero-order chi connectivity index (χ0) is 22.6. The maximum Gasteiger partial charge on any atom is 0.267 e. The summed E-state index contributed by atoms with van der Waals surface area (Å²) in [5.41, 5.74) is 1.35. The molecule has 168 valence electrons. The number of hydrogen-bond donors (Lipinski definition) is 6. The van der Waals surface area contributed by atoms with Crippen molar-refractivity contribution in [3.8, 4) is 5.75 Å². The topological polar surface area (TPSA) is 144 Å². The quantitative estimate of drug-likeness (QED) is 0.302. The average Bonchev–Trinajstić information content (AvgIpc) is 3.21. The van der Waals surface area contributed by atoms with Gasteiger partial charge in [-0.2, -0.15) is 0 Å². The molecule has 4 heterocycles. The van der Waals surface area contributed by atoms with Crippen molar-refractivity contribution in [2.24, 2.45) is 10.3 Å². The second-order valence-electron chi connectivity index (χ2n) is 7.99. The Kier molecular flexibility index (Phi) is 4.97. The lowest BCUT2D eigenvalue weighted by molar-refractivity contribution is 0.473. The lowest BCUT2D eigenvalue weighted by atomic mass is 10.1. The first-order valence-corrected chi connectivity index (χ1v) is 12.3. The number of rotatable bonds is 4. The van der Waals surface area contributed by atoms with Gasteiger partial charge in [-0.3, -0.25) is 18.5 Å². The molecule has 0 radical (unpaired) electrons. The number of aryl methyl sites for hydroxylation is 1. The minimum absolute atomic E-state index is 0.0948. The van der Waals surface area contributed by atoms with E-state index in [1.54, 1.807) is 30.5 Å². The summed E-state index contributed by atoms with van der Waals surface area (Å²) in [6.45, 7) is 4.51. The van der Waals surface area contributed by atoms with Crippen molar-refractivity contribution in [2.75, 3.05) is 14.8 Å². The molecule has 2 aliphatic rings. The van der Waals surface area contributed by atoms with Gasteiger partial charge in [0, 0.05) is 12.7 Å². The molecule has 0 saturated carbocycles. The number of nitrogens with one attached hydrogen (secondary N) is 3.